The molecule has 1 rings (SSSR count). The highest BCUT2D eigenvalue weighted by Gasteiger charge is 2.47. The molecule has 0 aromatic rings. The lowest BCUT2D eigenvalue weighted by molar-refractivity contribution is -0.224. The molecule has 1 heterocycles. The monoisotopic (exact) mass is 287 g/mol. The highest BCUT2D eigenvalue weighted by molar-refractivity contribution is 6.74. The molecule has 1 aliphatic rings. The second kappa shape index (κ2) is 5.24. The maximum atomic E-state index is 11.9. The largest absolute Gasteiger partial charge is 0.413 e. The minimum atomic E-state index is -1.88. The average Bonchev–Trinajstić information content (AvgIpc) is 2.20. The van der Waals surface area contributed by atoms with Crippen molar-refractivity contribution in [1.82, 2.24) is 5.06 Å². The molecule has 2 atom stereocenters. The molecule has 0 spiro atoms. The van der Waals surface area contributed by atoms with Gasteiger partial charge < -0.3 is 9.26 Å². The first-order chi connectivity index (χ1) is 8.45. The second-order valence-electron chi connectivity index (χ2n) is 6.67. The normalized spacial score (nSPS) is 21.9. The molecule has 1 saturated heterocycles. The molecule has 0 aliphatic carbocycles. The van der Waals surface area contributed by atoms with Crippen LogP contribution < -0.4 is 0 Å². The summed E-state index contributed by atoms with van der Waals surface area (Å²) < 4.78 is 6.18. The molecule has 0 aromatic carbocycles. The van der Waals surface area contributed by atoms with Crippen molar-refractivity contribution in [3.63, 3.8) is 0 Å². The number of β-lactam (4-membered cyclic amide) rings is 1. The number of hydroxylamine groups is 2. The maximum Gasteiger partial charge on any atom is 0.329 e. The summed E-state index contributed by atoms with van der Waals surface area (Å²) in [5.41, 5.74) is 0. The lowest BCUT2D eigenvalue weighted by atomic mass is 9.96. The van der Waals surface area contributed by atoms with Crippen LogP contribution >= 0.6 is 0 Å². The van der Waals surface area contributed by atoms with Crippen molar-refractivity contribution >= 4 is 20.2 Å². The van der Waals surface area contributed by atoms with Crippen LogP contribution in [0.1, 0.15) is 34.6 Å². The van der Waals surface area contributed by atoms with Crippen LogP contribution in [0.2, 0.25) is 18.1 Å². The molecular weight excluding hydrogens is 262 g/mol. The zero-order valence-corrected chi connectivity index (χ0v) is 13.9. The summed E-state index contributed by atoms with van der Waals surface area (Å²) in [5.74, 6) is -0.834. The van der Waals surface area contributed by atoms with Gasteiger partial charge in [-0.2, -0.15) is 5.06 Å². The molecule has 1 unspecified atom stereocenters. The molecule has 1 fully saturated rings. The Balaban J connectivity index is 2.56. The molecule has 0 saturated carbocycles. The van der Waals surface area contributed by atoms with Gasteiger partial charge in [-0.05, 0) is 25.1 Å². The summed E-state index contributed by atoms with van der Waals surface area (Å²) in [4.78, 5) is 27.4. The van der Waals surface area contributed by atoms with Crippen LogP contribution in [0.3, 0.4) is 0 Å². The van der Waals surface area contributed by atoms with Crippen molar-refractivity contribution in [3.05, 3.63) is 0 Å². The summed E-state index contributed by atoms with van der Waals surface area (Å²) in [6.07, 6.45) is -0.139. The summed E-state index contributed by atoms with van der Waals surface area (Å²) in [6.45, 7) is 14.5. The molecule has 1 aliphatic heterocycles. The van der Waals surface area contributed by atoms with E-state index in [0.717, 1.165) is 5.06 Å². The van der Waals surface area contributed by atoms with Crippen LogP contribution in [0.5, 0.6) is 0 Å². The molecule has 1 amide bonds. The van der Waals surface area contributed by atoms with Crippen molar-refractivity contribution in [2.45, 2.75) is 58.9 Å². The molecule has 0 N–H and O–H groups in total. The van der Waals surface area contributed by atoms with Crippen LogP contribution in [0.25, 0.3) is 0 Å². The lowest BCUT2D eigenvalue weighted by Crippen LogP contribution is -2.59. The second-order valence-corrected chi connectivity index (χ2v) is 11.4. The van der Waals surface area contributed by atoms with E-state index in [2.05, 4.69) is 33.9 Å². The van der Waals surface area contributed by atoms with Gasteiger partial charge in [0.05, 0.1) is 18.6 Å². The fourth-order valence-electron chi connectivity index (χ4n) is 1.73. The van der Waals surface area contributed by atoms with Gasteiger partial charge in [-0.1, -0.05) is 20.8 Å². The first kappa shape index (κ1) is 16.2. The molecular formula is C13H25NO4Si. The maximum absolute atomic E-state index is 11.9. The smallest absolute Gasteiger partial charge is 0.329 e. The molecule has 5 nitrogen and oxygen atoms in total. The number of hydrogen-bond donors (Lipinski definition) is 0. The van der Waals surface area contributed by atoms with Crippen molar-refractivity contribution in [2.75, 3.05) is 6.54 Å². The first-order valence-electron chi connectivity index (χ1n) is 6.63. The van der Waals surface area contributed by atoms with Crippen LogP contribution in [0.15, 0.2) is 0 Å². The van der Waals surface area contributed by atoms with E-state index < -0.39 is 14.3 Å². The Morgan fingerprint density at radius 1 is 1.42 bits per heavy atom. The van der Waals surface area contributed by atoms with Gasteiger partial charge in [-0.3, -0.25) is 9.59 Å². The van der Waals surface area contributed by atoms with Gasteiger partial charge in [0.15, 0.2) is 8.32 Å². The third-order valence-corrected chi connectivity index (χ3v) is 8.59. The quantitative estimate of drug-likeness (QED) is 0.588. The number of amides is 1. The minimum absolute atomic E-state index is 0.115. The summed E-state index contributed by atoms with van der Waals surface area (Å²) in [7, 11) is -1.88. The van der Waals surface area contributed by atoms with Gasteiger partial charge in [-0.15, -0.1) is 0 Å². The highest BCUT2D eigenvalue weighted by Crippen LogP contribution is 2.39. The van der Waals surface area contributed by atoms with Crippen LogP contribution in [0.4, 0.5) is 0 Å². The van der Waals surface area contributed by atoms with E-state index in [1.807, 2.05) is 6.92 Å². The average molecular weight is 287 g/mol. The topological polar surface area (TPSA) is 55.8 Å². The van der Waals surface area contributed by atoms with Gasteiger partial charge in [0.1, 0.15) is 0 Å². The molecule has 0 bridgehead atoms. The zero-order valence-electron chi connectivity index (χ0n) is 12.9. The van der Waals surface area contributed by atoms with E-state index >= 15 is 0 Å². The predicted octanol–water partition coefficient (Wildman–Crippen LogP) is 2.33. The van der Waals surface area contributed by atoms with Crippen LogP contribution in [0, 0.1) is 5.92 Å². The molecule has 6 heteroatoms. The van der Waals surface area contributed by atoms with Crippen LogP contribution in [-0.2, 0) is 18.9 Å². The van der Waals surface area contributed by atoms with Gasteiger partial charge >= 0.3 is 5.97 Å². The van der Waals surface area contributed by atoms with Gasteiger partial charge in [-0.25, -0.2) is 0 Å². The van der Waals surface area contributed by atoms with E-state index in [1.165, 1.54) is 6.92 Å². The number of carbonyl (C=O) groups is 2. The van der Waals surface area contributed by atoms with Crippen LogP contribution in [-0.4, -0.2) is 37.9 Å². The summed E-state index contributed by atoms with van der Waals surface area (Å²) >= 11 is 0. The molecule has 110 valence electrons. The first-order valence-corrected chi connectivity index (χ1v) is 9.54. The van der Waals surface area contributed by atoms with E-state index in [4.69, 9.17) is 9.26 Å². The Morgan fingerprint density at radius 2 is 1.95 bits per heavy atom. The fraction of sp³-hybridized carbons (Fsp3) is 0.846. The lowest BCUT2D eigenvalue weighted by Gasteiger charge is -2.44. The molecule has 0 radical (unpaired) electrons. The Labute approximate surface area is 116 Å². The summed E-state index contributed by atoms with van der Waals surface area (Å²) in [5, 5.41) is 1.22. The number of hydrogen-bond acceptors (Lipinski definition) is 4. The summed E-state index contributed by atoms with van der Waals surface area (Å²) in [6, 6.07) is 0. The number of rotatable bonds is 4. The van der Waals surface area contributed by atoms with Gasteiger partial charge in [0.25, 0.3) is 5.91 Å². The van der Waals surface area contributed by atoms with E-state index in [9.17, 15) is 9.59 Å². The number of carbonyl (C=O) groups excluding carboxylic acids is 2. The van der Waals surface area contributed by atoms with Crippen molar-refractivity contribution in [1.29, 1.82) is 0 Å². The Bertz CT molecular complexity index is 375. The van der Waals surface area contributed by atoms with E-state index in [1.54, 1.807) is 0 Å². The minimum Gasteiger partial charge on any atom is -0.413 e. The third-order valence-electron chi connectivity index (χ3n) is 4.02. The van der Waals surface area contributed by atoms with E-state index in [-0.39, 0.29) is 23.0 Å². The van der Waals surface area contributed by atoms with Crippen molar-refractivity contribution in [3.8, 4) is 0 Å². The number of nitrogens with zero attached hydrogens (tertiary/aromatic N) is 1. The SMILES string of the molecule is CC(=O)ON1CC([C@@H](C)O[Si](C)(C)C(C)(C)C)C1=O. The zero-order chi connectivity index (χ0) is 15.0. The van der Waals surface area contributed by atoms with E-state index in [0.29, 0.717) is 6.54 Å². The predicted molar refractivity (Wildman–Crippen MR) is 74.7 cm³/mol. The fourth-order valence-corrected chi connectivity index (χ4v) is 3.18. The Kier molecular flexibility index (Phi) is 4.46. The van der Waals surface area contributed by atoms with Crippen molar-refractivity contribution in [2.24, 2.45) is 5.92 Å². The van der Waals surface area contributed by atoms with Gasteiger partial charge in [0.2, 0.25) is 0 Å². The third kappa shape index (κ3) is 3.57. The molecule has 19 heavy (non-hydrogen) atoms. The highest BCUT2D eigenvalue weighted by atomic mass is 28.4. The molecule has 0 aromatic heterocycles. The van der Waals surface area contributed by atoms with Gasteiger partial charge in [0, 0.05) is 6.92 Å². The standard InChI is InChI=1S/C13H25NO4Si/c1-9(18-19(6,7)13(3,4)5)11-8-14(12(11)16)17-10(2)15/h9,11H,8H2,1-7H3/t9-,11?/m1/s1. The Morgan fingerprint density at radius 3 is 2.32 bits per heavy atom. The van der Waals surface area contributed by atoms with Crippen molar-refractivity contribution < 1.29 is 18.9 Å². The Hall–Kier alpha value is -0.883.